The average molecular weight is 318 g/mol. The summed E-state index contributed by atoms with van der Waals surface area (Å²) in [6, 6.07) is 1.35. The van der Waals surface area contributed by atoms with Crippen LogP contribution in [0.1, 0.15) is 32.8 Å². The monoisotopic (exact) mass is 318 g/mol. The summed E-state index contributed by atoms with van der Waals surface area (Å²) in [7, 11) is 0. The molecule has 1 aromatic rings. The largest absolute Gasteiger partial charge is 0.444 e. The van der Waals surface area contributed by atoms with Crippen molar-refractivity contribution in [1.29, 1.82) is 0 Å². The molecule has 0 heterocycles. The molecule has 22 heavy (non-hydrogen) atoms. The topological polar surface area (TPSA) is 50.4 Å². The van der Waals surface area contributed by atoms with Crippen molar-refractivity contribution in [3.05, 3.63) is 35.1 Å². The van der Waals surface area contributed by atoms with Crippen molar-refractivity contribution in [2.75, 3.05) is 13.1 Å². The molecule has 0 aromatic heterocycles. The zero-order chi connectivity index (χ0) is 16.8. The molecule has 0 aliphatic rings. The van der Waals surface area contributed by atoms with E-state index in [1.165, 1.54) is 0 Å². The number of ether oxygens (including phenoxy) is 1. The van der Waals surface area contributed by atoms with Crippen LogP contribution in [0.25, 0.3) is 0 Å². The van der Waals surface area contributed by atoms with Crippen molar-refractivity contribution in [3.8, 4) is 0 Å². The molecule has 4 nitrogen and oxygen atoms in total. The van der Waals surface area contributed by atoms with Crippen molar-refractivity contribution < 1.29 is 22.7 Å². The summed E-state index contributed by atoms with van der Waals surface area (Å²) in [5, 5.41) is 5.47. The normalized spacial score (nSPS) is 11.4. The number of halogens is 3. The molecular weight excluding hydrogens is 297 g/mol. The van der Waals surface area contributed by atoms with E-state index >= 15 is 0 Å². The van der Waals surface area contributed by atoms with Crippen LogP contribution in [0.4, 0.5) is 18.0 Å². The van der Waals surface area contributed by atoms with E-state index < -0.39 is 29.1 Å². The van der Waals surface area contributed by atoms with Gasteiger partial charge in [0.05, 0.1) is 0 Å². The van der Waals surface area contributed by atoms with Crippen molar-refractivity contribution in [3.63, 3.8) is 0 Å². The minimum Gasteiger partial charge on any atom is -0.444 e. The first-order valence-electron chi connectivity index (χ1n) is 7.00. The van der Waals surface area contributed by atoms with E-state index in [-0.39, 0.29) is 12.1 Å². The summed E-state index contributed by atoms with van der Waals surface area (Å²) in [6.07, 6.45) is 0.0870. The molecule has 0 aliphatic carbocycles. The first-order chi connectivity index (χ1) is 10.2. The Hall–Kier alpha value is -1.76. The van der Waals surface area contributed by atoms with Crippen molar-refractivity contribution in [2.45, 2.75) is 39.3 Å². The van der Waals surface area contributed by atoms with Gasteiger partial charge in [0.15, 0.2) is 11.6 Å². The molecule has 1 rings (SSSR count). The quantitative estimate of drug-likeness (QED) is 0.626. The molecule has 2 N–H and O–H groups in total. The Morgan fingerprint density at radius 3 is 2.36 bits per heavy atom. The highest BCUT2D eigenvalue weighted by atomic mass is 19.2. The summed E-state index contributed by atoms with van der Waals surface area (Å²) in [5.41, 5.74) is -0.494. The Balaban J connectivity index is 2.21. The number of nitrogens with one attached hydrogen (secondary N) is 2. The fourth-order valence-corrected chi connectivity index (χ4v) is 1.64. The number of hydrogen-bond acceptors (Lipinski definition) is 3. The predicted molar refractivity (Wildman–Crippen MR) is 76.9 cm³/mol. The Morgan fingerprint density at radius 2 is 1.73 bits per heavy atom. The Kier molecular flexibility index (Phi) is 6.67. The predicted octanol–water partition coefficient (Wildman–Crippen LogP) is 3.11. The molecular formula is C15H21F3N2O2. The van der Waals surface area contributed by atoms with Gasteiger partial charge in [-0.05, 0) is 39.8 Å². The summed E-state index contributed by atoms with van der Waals surface area (Å²) >= 11 is 0. The number of hydrogen-bond donors (Lipinski definition) is 2. The van der Waals surface area contributed by atoms with Gasteiger partial charge >= 0.3 is 6.09 Å². The van der Waals surface area contributed by atoms with Crippen LogP contribution >= 0.6 is 0 Å². The molecule has 0 saturated carbocycles. The minimum absolute atomic E-state index is 0.0546. The van der Waals surface area contributed by atoms with E-state index in [1.807, 2.05) is 0 Å². The Morgan fingerprint density at radius 1 is 1.09 bits per heavy atom. The zero-order valence-electron chi connectivity index (χ0n) is 12.9. The van der Waals surface area contributed by atoms with Gasteiger partial charge in [0.1, 0.15) is 11.4 Å². The van der Waals surface area contributed by atoms with Crippen LogP contribution in [0.2, 0.25) is 0 Å². The fraction of sp³-hybridized carbons (Fsp3) is 0.533. The lowest BCUT2D eigenvalue weighted by molar-refractivity contribution is 0.0527. The van der Waals surface area contributed by atoms with E-state index in [2.05, 4.69) is 10.6 Å². The summed E-state index contributed by atoms with van der Waals surface area (Å²) < 4.78 is 44.1. The van der Waals surface area contributed by atoms with Gasteiger partial charge < -0.3 is 15.4 Å². The molecule has 0 spiro atoms. The van der Waals surface area contributed by atoms with Gasteiger partial charge in [0.25, 0.3) is 0 Å². The second kappa shape index (κ2) is 8.03. The number of alkyl carbamates (subject to hydrolysis) is 1. The third-order valence-electron chi connectivity index (χ3n) is 2.60. The number of carbonyl (C=O) groups excluding carboxylic acids is 1. The summed E-state index contributed by atoms with van der Waals surface area (Å²) in [6.45, 7) is 6.26. The maximum atomic E-state index is 13.3. The lowest BCUT2D eigenvalue weighted by Crippen LogP contribution is -2.33. The molecule has 1 aromatic carbocycles. The second-order valence-corrected chi connectivity index (χ2v) is 5.82. The van der Waals surface area contributed by atoms with Gasteiger partial charge in [-0.25, -0.2) is 18.0 Å². The molecule has 0 atom stereocenters. The smallest absolute Gasteiger partial charge is 0.407 e. The molecule has 0 fully saturated rings. The number of benzene rings is 1. The van der Waals surface area contributed by atoms with Crippen LogP contribution in [0.3, 0.4) is 0 Å². The van der Waals surface area contributed by atoms with Gasteiger partial charge in [-0.15, -0.1) is 0 Å². The van der Waals surface area contributed by atoms with Gasteiger partial charge in [-0.1, -0.05) is 0 Å². The zero-order valence-corrected chi connectivity index (χ0v) is 12.9. The van der Waals surface area contributed by atoms with Gasteiger partial charge in [-0.3, -0.25) is 0 Å². The van der Waals surface area contributed by atoms with Crippen LogP contribution in [-0.2, 0) is 11.3 Å². The minimum atomic E-state index is -1.21. The summed E-state index contributed by atoms with van der Waals surface area (Å²) in [4.78, 5) is 11.3. The first kappa shape index (κ1) is 18.3. The Bertz CT molecular complexity index is 516. The van der Waals surface area contributed by atoms with Gasteiger partial charge in [0.2, 0.25) is 0 Å². The second-order valence-electron chi connectivity index (χ2n) is 5.82. The SMILES string of the molecule is CC(C)(C)OC(=O)NCCCNCc1cc(F)c(F)cc1F. The number of amides is 1. The molecule has 0 radical (unpaired) electrons. The molecule has 7 heteroatoms. The van der Waals surface area contributed by atoms with E-state index in [0.29, 0.717) is 25.6 Å². The molecule has 0 bridgehead atoms. The lowest BCUT2D eigenvalue weighted by Gasteiger charge is -2.19. The fourth-order valence-electron chi connectivity index (χ4n) is 1.64. The molecule has 1 amide bonds. The maximum absolute atomic E-state index is 13.3. The van der Waals surface area contributed by atoms with Crippen LogP contribution in [0.5, 0.6) is 0 Å². The van der Waals surface area contributed by atoms with E-state index in [1.54, 1.807) is 20.8 Å². The van der Waals surface area contributed by atoms with E-state index in [4.69, 9.17) is 4.74 Å². The van der Waals surface area contributed by atoms with Crippen molar-refractivity contribution in [1.82, 2.24) is 10.6 Å². The third-order valence-corrected chi connectivity index (χ3v) is 2.60. The van der Waals surface area contributed by atoms with Crippen LogP contribution < -0.4 is 10.6 Å². The van der Waals surface area contributed by atoms with E-state index in [0.717, 1.165) is 6.07 Å². The van der Waals surface area contributed by atoms with Gasteiger partial charge in [-0.2, -0.15) is 0 Å². The van der Waals surface area contributed by atoms with Crippen molar-refractivity contribution in [2.24, 2.45) is 0 Å². The van der Waals surface area contributed by atoms with Crippen LogP contribution in [0, 0.1) is 17.5 Å². The molecule has 0 saturated heterocycles. The third kappa shape index (κ3) is 6.80. The maximum Gasteiger partial charge on any atom is 0.407 e. The van der Waals surface area contributed by atoms with E-state index in [9.17, 15) is 18.0 Å². The molecule has 124 valence electrons. The Labute approximate surface area is 128 Å². The highest BCUT2D eigenvalue weighted by molar-refractivity contribution is 5.67. The molecule has 0 aliphatic heterocycles. The highest BCUT2D eigenvalue weighted by Crippen LogP contribution is 2.13. The highest BCUT2D eigenvalue weighted by Gasteiger charge is 2.15. The van der Waals surface area contributed by atoms with Gasteiger partial charge in [0, 0.05) is 24.7 Å². The number of carbonyl (C=O) groups is 1. The van der Waals surface area contributed by atoms with Crippen LogP contribution in [-0.4, -0.2) is 24.8 Å². The van der Waals surface area contributed by atoms with Crippen LogP contribution in [0.15, 0.2) is 12.1 Å². The lowest BCUT2D eigenvalue weighted by atomic mass is 10.2. The number of rotatable bonds is 6. The standard InChI is InChI=1S/C15H21F3N2O2/c1-15(2,3)22-14(21)20-6-4-5-19-9-10-7-12(17)13(18)8-11(10)16/h7-8,19H,4-6,9H2,1-3H3,(H,20,21). The first-order valence-corrected chi connectivity index (χ1v) is 7.00. The van der Waals surface area contributed by atoms with Crippen molar-refractivity contribution >= 4 is 6.09 Å². The average Bonchev–Trinajstić information content (AvgIpc) is 2.37. The molecule has 0 unspecified atom stereocenters. The summed E-state index contributed by atoms with van der Waals surface area (Å²) in [5.74, 6) is -3.08.